The van der Waals surface area contributed by atoms with Crippen molar-refractivity contribution in [3.63, 3.8) is 0 Å². The summed E-state index contributed by atoms with van der Waals surface area (Å²) in [5.74, 6) is -3.63. The number of phenolic OH excluding ortho intramolecular Hbond substituents is 1. The highest BCUT2D eigenvalue weighted by molar-refractivity contribution is 5.31. The normalized spacial score (nSPS) is 15.0. The minimum absolute atomic E-state index is 0.260. The maximum atomic E-state index is 12.8. The van der Waals surface area contributed by atoms with E-state index in [0.29, 0.717) is 12.1 Å². The molecule has 15 heavy (non-hydrogen) atoms. The van der Waals surface area contributed by atoms with Crippen LogP contribution in [-0.2, 0) is 0 Å². The Bertz CT molecular complexity index is 333. The molecule has 0 aromatic heterocycles. The van der Waals surface area contributed by atoms with Crippen LogP contribution in [-0.4, -0.2) is 33.1 Å². The predicted molar refractivity (Wildman–Crippen MR) is 46.1 cm³/mol. The van der Waals surface area contributed by atoms with Crippen LogP contribution in [0.15, 0.2) is 12.1 Å². The maximum absolute atomic E-state index is 12.8. The average Bonchev–Trinajstić information content (AvgIpc) is 2.23. The number of aliphatic hydroxyl groups is 3. The second kappa shape index (κ2) is 4.52. The maximum Gasteiger partial charge on any atom is 0.187 e. The number of benzene rings is 1. The molecule has 0 fully saturated rings. The van der Waals surface area contributed by atoms with Gasteiger partial charge in [-0.3, -0.25) is 0 Å². The van der Waals surface area contributed by atoms with E-state index in [0.717, 1.165) is 0 Å². The van der Waals surface area contributed by atoms with E-state index in [1.807, 2.05) is 0 Å². The molecular formula is C9H10F2O4. The Balaban J connectivity index is 3.06. The topological polar surface area (TPSA) is 80.9 Å². The summed E-state index contributed by atoms with van der Waals surface area (Å²) in [5, 5.41) is 35.6. The molecule has 0 heterocycles. The highest BCUT2D eigenvalue weighted by Crippen LogP contribution is 2.26. The number of phenols is 1. The zero-order chi connectivity index (χ0) is 11.6. The second-order valence-corrected chi connectivity index (χ2v) is 3.03. The molecule has 2 unspecified atom stereocenters. The Labute approximate surface area is 84.0 Å². The molecule has 1 aromatic rings. The molecule has 2 atom stereocenters. The van der Waals surface area contributed by atoms with Gasteiger partial charge in [-0.2, -0.15) is 0 Å². The van der Waals surface area contributed by atoms with Crippen molar-refractivity contribution in [1.29, 1.82) is 0 Å². The first kappa shape index (κ1) is 11.8. The third-order valence-corrected chi connectivity index (χ3v) is 1.93. The van der Waals surface area contributed by atoms with E-state index in [2.05, 4.69) is 0 Å². The van der Waals surface area contributed by atoms with E-state index in [-0.39, 0.29) is 5.56 Å². The van der Waals surface area contributed by atoms with E-state index in [1.165, 1.54) is 0 Å². The number of aromatic hydroxyl groups is 1. The summed E-state index contributed by atoms with van der Waals surface area (Å²) >= 11 is 0. The molecule has 0 saturated heterocycles. The van der Waals surface area contributed by atoms with Crippen LogP contribution < -0.4 is 0 Å². The number of rotatable bonds is 3. The van der Waals surface area contributed by atoms with Crippen LogP contribution in [0.2, 0.25) is 0 Å². The monoisotopic (exact) mass is 220 g/mol. The molecule has 0 saturated carbocycles. The molecule has 0 aliphatic heterocycles. The van der Waals surface area contributed by atoms with E-state index in [1.54, 1.807) is 0 Å². The lowest BCUT2D eigenvalue weighted by Crippen LogP contribution is -2.22. The van der Waals surface area contributed by atoms with Crippen molar-refractivity contribution in [2.24, 2.45) is 0 Å². The quantitative estimate of drug-likeness (QED) is 0.580. The summed E-state index contributed by atoms with van der Waals surface area (Å²) in [5.41, 5.74) is -0.260. The number of halogens is 2. The van der Waals surface area contributed by atoms with E-state index < -0.39 is 36.2 Å². The summed E-state index contributed by atoms with van der Waals surface area (Å²) in [6.07, 6.45) is -3.15. The molecule has 0 amide bonds. The van der Waals surface area contributed by atoms with Crippen molar-refractivity contribution >= 4 is 0 Å². The van der Waals surface area contributed by atoms with Gasteiger partial charge in [0, 0.05) is 0 Å². The minimum atomic E-state index is -1.61. The molecule has 0 spiro atoms. The largest absolute Gasteiger partial charge is 0.503 e. The van der Waals surface area contributed by atoms with E-state index in [4.69, 9.17) is 15.3 Å². The average molecular weight is 220 g/mol. The molecule has 0 aliphatic rings. The fraction of sp³-hybridized carbons (Fsp3) is 0.333. The Morgan fingerprint density at radius 2 is 1.60 bits per heavy atom. The van der Waals surface area contributed by atoms with Crippen molar-refractivity contribution in [3.05, 3.63) is 29.3 Å². The van der Waals surface area contributed by atoms with Gasteiger partial charge in [0.2, 0.25) is 0 Å². The molecule has 4 N–H and O–H groups in total. The first-order valence-corrected chi connectivity index (χ1v) is 4.12. The SMILES string of the molecule is OCC(O)C(O)c1cc(F)c(O)c(F)c1. The van der Waals surface area contributed by atoms with Crippen molar-refractivity contribution in [1.82, 2.24) is 0 Å². The highest BCUT2D eigenvalue weighted by Gasteiger charge is 2.20. The first-order valence-electron chi connectivity index (χ1n) is 4.12. The molecular weight excluding hydrogens is 210 g/mol. The van der Waals surface area contributed by atoms with Gasteiger partial charge in [-0.1, -0.05) is 0 Å². The van der Waals surface area contributed by atoms with Gasteiger partial charge in [0.15, 0.2) is 17.4 Å². The third-order valence-electron chi connectivity index (χ3n) is 1.93. The fourth-order valence-electron chi connectivity index (χ4n) is 1.08. The second-order valence-electron chi connectivity index (χ2n) is 3.03. The van der Waals surface area contributed by atoms with Gasteiger partial charge < -0.3 is 20.4 Å². The van der Waals surface area contributed by atoms with Crippen LogP contribution in [0.25, 0.3) is 0 Å². The summed E-state index contributed by atoms with van der Waals surface area (Å²) in [4.78, 5) is 0. The van der Waals surface area contributed by atoms with Crippen molar-refractivity contribution in [2.45, 2.75) is 12.2 Å². The molecule has 0 bridgehead atoms. The van der Waals surface area contributed by atoms with Crippen molar-refractivity contribution in [3.8, 4) is 5.75 Å². The van der Waals surface area contributed by atoms with Crippen LogP contribution in [0.1, 0.15) is 11.7 Å². The number of hydrogen-bond donors (Lipinski definition) is 4. The van der Waals surface area contributed by atoms with Crippen molar-refractivity contribution in [2.75, 3.05) is 6.61 Å². The van der Waals surface area contributed by atoms with Gasteiger partial charge in [0.1, 0.15) is 12.2 Å². The van der Waals surface area contributed by atoms with Gasteiger partial charge in [-0.05, 0) is 17.7 Å². The van der Waals surface area contributed by atoms with Gasteiger partial charge in [0.25, 0.3) is 0 Å². The molecule has 4 nitrogen and oxygen atoms in total. The lowest BCUT2D eigenvalue weighted by atomic mass is 10.0. The van der Waals surface area contributed by atoms with E-state index in [9.17, 15) is 13.9 Å². The highest BCUT2D eigenvalue weighted by atomic mass is 19.1. The summed E-state index contributed by atoms with van der Waals surface area (Å²) in [6, 6.07) is 1.36. The number of hydrogen-bond acceptors (Lipinski definition) is 4. The molecule has 84 valence electrons. The zero-order valence-corrected chi connectivity index (χ0v) is 7.56. The smallest absolute Gasteiger partial charge is 0.187 e. The van der Waals surface area contributed by atoms with Gasteiger partial charge >= 0.3 is 0 Å². The zero-order valence-electron chi connectivity index (χ0n) is 7.56. The Kier molecular flexibility index (Phi) is 3.57. The Morgan fingerprint density at radius 3 is 2.00 bits per heavy atom. The summed E-state index contributed by atoms with van der Waals surface area (Å²) in [6.45, 7) is -0.745. The van der Waals surface area contributed by atoms with E-state index >= 15 is 0 Å². The molecule has 0 aliphatic carbocycles. The van der Waals surface area contributed by atoms with Crippen molar-refractivity contribution < 1.29 is 29.2 Å². The van der Waals surface area contributed by atoms with Crippen LogP contribution >= 0.6 is 0 Å². The lowest BCUT2D eigenvalue weighted by Gasteiger charge is -2.16. The van der Waals surface area contributed by atoms with Crippen LogP contribution in [0.4, 0.5) is 8.78 Å². The van der Waals surface area contributed by atoms with Gasteiger partial charge in [0.05, 0.1) is 6.61 Å². The Hall–Kier alpha value is -1.24. The van der Waals surface area contributed by atoms with Crippen LogP contribution in [0.3, 0.4) is 0 Å². The summed E-state index contributed by atoms with van der Waals surface area (Å²) < 4.78 is 25.6. The summed E-state index contributed by atoms with van der Waals surface area (Å²) in [7, 11) is 0. The Morgan fingerprint density at radius 1 is 1.13 bits per heavy atom. The molecule has 1 aromatic carbocycles. The van der Waals surface area contributed by atoms with Gasteiger partial charge in [-0.25, -0.2) is 8.78 Å². The first-order chi connectivity index (χ1) is 6.97. The molecule has 1 rings (SSSR count). The fourth-order valence-corrected chi connectivity index (χ4v) is 1.08. The van der Waals surface area contributed by atoms with Crippen LogP contribution in [0.5, 0.6) is 5.75 Å². The van der Waals surface area contributed by atoms with Gasteiger partial charge in [-0.15, -0.1) is 0 Å². The standard InChI is InChI=1S/C9H10F2O4/c10-5-1-4(2-6(11)9(5)15)8(14)7(13)3-12/h1-2,7-8,12-15H,3H2. The predicted octanol–water partition coefficient (Wildman–Crippen LogP) is 0.0570. The lowest BCUT2D eigenvalue weighted by molar-refractivity contribution is -0.0155. The molecule has 6 heteroatoms. The molecule has 0 radical (unpaired) electrons. The minimum Gasteiger partial charge on any atom is -0.503 e. The third kappa shape index (κ3) is 2.41. The number of aliphatic hydroxyl groups excluding tert-OH is 3. The van der Waals surface area contributed by atoms with Crippen LogP contribution in [0, 0.1) is 11.6 Å².